The second-order valence-corrected chi connectivity index (χ2v) is 16.8. The Bertz CT molecular complexity index is 1930. The normalized spacial score (nSPS) is 21.0. The van der Waals surface area contributed by atoms with Gasteiger partial charge >= 0.3 is 0 Å². The van der Waals surface area contributed by atoms with Gasteiger partial charge in [-0.15, -0.1) is 11.3 Å². The van der Waals surface area contributed by atoms with Crippen molar-refractivity contribution in [3.63, 3.8) is 0 Å². The molecule has 13 heteroatoms. The smallest absolute Gasteiger partial charge is 0.229 e. The number of pyridine rings is 1. The van der Waals surface area contributed by atoms with E-state index in [1.807, 2.05) is 34.3 Å². The number of benzene rings is 1. The number of rotatable bonds is 6. The molecule has 0 unspecified atom stereocenters. The number of anilines is 5. The van der Waals surface area contributed by atoms with Gasteiger partial charge in [0.05, 0.1) is 32.9 Å². The van der Waals surface area contributed by atoms with Gasteiger partial charge < -0.3 is 34.1 Å². The minimum absolute atomic E-state index is 0.403. The molecule has 11 nitrogen and oxygen atoms in total. The number of fused-ring (bicyclic) bond motifs is 5. The van der Waals surface area contributed by atoms with Gasteiger partial charge in [0.2, 0.25) is 5.95 Å². The number of nitrogens with one attached hydrogen (secondary N) is 2. The molecule has 0 amide bonds. The molecule has 7 heterocycles. The molecular weight excluding hydrogens is 605 g/mol. The maximum absolute atomic E-state index is 13.4. The zero-order chi connectivity index (χ0) is 30.7. The molecule has 5 aromatic rings. The Labute approximate surface area is 266 Å². The summed E-state index contributed by atoms with van der Waals surface area (Å²) < 4.78 is 22.6. The van der Waals surface area contributed by atoms with Gasteiger partial charge in [-0.3, -0.25) is 4.90 Å². The van der Waals surface area contributed by atoms with Crippen molar-refractivity contribution in [3.05, 3.63) is 54.3 Å². The van der Waals surface area contributed by atoms with E-state index >= 15 is 0 Å². The van der Waals surface area contributed by atoms with E-state index in [-0.39, 0.29) is 0 Å². The molecule has 8 rings (SSSR count). The third-order valence-corrected chi connectivity index (χ3v) is 11.8. The first-order valence-corrected chi connectivity index (χ1v) is 19.0. The lowest BCUT2D eigenvalue weighted by Crippen LogP contribution is -2.57. The van der Waals surface area contributed by atoms with E-state index in [1.54, 1.807) is 30.9 Å². The Morgan fingerprint density at radius 1 is 1.00 bits per heavy atom. The highest BCUT2D eigenvalue weighted by Crippen LogP contribution is 2.42. The molecule has 0 saturated carbocycles. The number of likely N-dealkylation sites (N-methyl/N-ethyl adjacent to an activating group) is 1. The van der Waals surface area contributed by atoms with Gasteiger partial charge in [-0.05, 0) is 62.9 Å². The number of imidazole rings is 1. The monoisotopic (exact) mass is 643 g/mol. The first kappa shape index (κ1) is 28.8. The summed E-state index contributed by atoms with van der Waals surface area (Å²) in [5.74, 6) is 2.02. The molecule has 234 valence electrons. The topological polar surface area (TPSA) is 103 Å². The van der Waals surface area contributed by atoms with Crippen LogP contribution in [0.5, 0.6) is 5.75 Å². The number of hydrogen-bond donors (Lipinski definition) is 2. The Kier molecular flexibility index (Phi) is 7.20. The third-order valence-electron chi connectivity index (χ3n) is 9.33. The molecule has 0 aliphatic carbocycles. The predicted molar refractivity (Wildman–Crippen MR) is 183 cm³/mol. The highest BCUT2D eigenvalue weighted by atomic mass is 32.1. The van der Waals surface area contributed by atoms with Crippen molar-refractivity contribution >= 4 is 68.5 Å². The zero-order valence-corrected chi connectivity index (χ0v) is 27.5. The van der Waals surface area contributed by atoms with Crippen LogP contribution in [-0.4, -0.2) is 101 Å². The van der Waals surface area contributed by atoms with Crippen LogP contribution in [0, 0.1) is 0 Å². The highest BCUT2D eigenvalue weighted by molar-refractivity contribution is 7.70. The maximum Gasteiger partial charge on any atom is 0.229 e. The third kappa shape index (κ3) is 5.43. The van der Waals surface area contributed by atoms with Crippen molar-refractivity contribution in [2.24, 2.45) is 0 Å². The van der Waals surface area contributed by atoms with Gasteiger partial charge in [0.15, 0.2) is 5.82 Å². The van der Waals surface area contributed by atoms with Crippen molar-refractivity contribution < 1.29 is 9.30 Å². The molecule has 45 heavy (non-hydrogen) atoms. The lowest BCUT2D eigenvalue weighted by Gasteiger charge is -2.48. The number of aromatic nitrogens is 4. The highest BCUT2D eigenvalue weighted by Gasteiger charge is 2.36. The molecule has 2 N–H and O–H groups in total. The first-order chi connectivity index (χ1) is 21.8. The summed E-state index contributed by atoms with van der Waals surface area (Å²) in [7, 11) is -0.460. The molecule has 1 aromatic carbocycles. The van der Waals surface area contributed by atoms with E-state index in [4.69, 9.17) is 14.7 Å². The summed E-state index contributed by atoms with van der Waals surface area (Å²) in [5, 5.41) is 9.61. The fraction of sp³-hybridized carbons (Fsp3) is 0.406. The minimum atomic E-state index is -2.68. The number of piperidine rings is 1. The molecule has 0 radical (unpaired) electrons. The molecule has 3 aliphatic heterocycles. The lowest BCUT2D eigenvalue weighted by atomic mass is 9.93. The minimum Gasteiger partial charge on any atom is -0.489 e. The fourth-order valence-corrected chi connectivity index (χ4v) is 9.16. The van der Waals surface area contributed by atoms with E-state index in [9.17, 15) is 4.57 Å². The van der Waals surface area contributed by atoms with Crippen LogP contribution in [0.3, 0.4) is 0 Å². The van der Waals surface area contributed by atoms with Gasteiger partial charge in [0.25, 0.3) is 0 Å². The fourth-order valence-electron chi connectivity index (χ4n) is 7.02. The Morgan fingerprint density at radius 2 is 1.87 bits per heavy atom. The largest absolute Gasteiger partial charge is 0.489 e. The van der Waals surface area contributed by atoms with Crippen LogP contribution in [0.25, 0.3) is 15.9 Å². The summed E-state index contributed by atoms with van der Waals surface area (Å²) in [5.41, 5.74) is 4.28. The molecule has 0 bridgehead atoms. The van der Waals surface area contributed by atoms with Crippen LogP contribution in [-0.2, 0) is 4.57 Å². The van der Waals surface area contributed by atoms with Crippen LogP contribution in [0.2, 0.25) is 0 Å². The number of ether oxygens (including phenoxy) is 1. The van der Waals surface area contributed by atoms with Crippen molar-refractivity contribution in [2.75, 3.05) is 75.2 Å². The van der Waals surface area contributed by atoms with E-state index in [2.05, 4.69) is 55.6 Å². The van der Waals surface area contributed by atoms with Crippen molar-refractivity contribution in [2.45, 2.75) is 24.9 Å². The number of thiophene rings is 1. The van der Waals surface area contributed by atoms with E-state index in [1.165, 1.54) is 6.42 Å². The lowest BCUT2D eigenvalue weighted by molar-refractivity contribution is 0.0822. The Hall–Kier alpha value is -3.70. The SMILES string of the molecule is CN1CCN([C@H]2CCN3c4ccc(Nc5nc(Nc6ccn7ccnc7c6P(C)(C)=O)c6sccc6n5)cc4OC[C@H]3C2)CC1. The van der Waals surface area contributed by atoms with Gasteiger partial charge in [-0.2, -0.15) is 4.98 Å². The maximum atomic E-state index is 13.4. The summed E-state index contributed by atoms with van der Waals surface area (Å²) in [6.07, 6.45) is 7.84. The quantitative estimate of drug-likeness (QED) is 0.245. The molecule has 3 aliphatic rings. The van der Waals surface area contributed by atoms with Crippen LogP contribution in [0.1, 0.15) is 12.8 Å². The van der Waals surface area contributed by atoms with Crippen LogP contribution in [0.15, 0.2) is 54.3 Å². The van der Waals surface area contributed by atoms with E-state index in [0.717, 1.165) is 72.2 Å². The van der Waals surface area contributed by atoms with Crippen molar-refractivity contribution in [1.82, 2.24) is 29.2 Å². The molecule has 2 fully saturated rings. The van der Waals surface area contributed by atoms with Crippen LogP contribution >= 0.6 is 18.5 Å². The van der Waals surface area contributed by atoms with Gasteiger partial charge in [0.1, 0.15) is 25.1 Å². The number of piperazine rings is 1. The first-order valence-electron chi connectivity index (χ1n) is 15.6. The van der Waals surface area contributed by atoms with Gasteiger partial charge in [-0.25, -0.2) is 9.97 Å². The van der Waals surface area contributed by atoms with Gasteiger partial charge in [-0.1, -0.05) is 0 Å². The standard InChI is InChI=1S/C32H38N9O2PS/c1-38-13-15-39(16-14-38)22-6-11-41-23(19-22)20-43-27-18-21(4-5-26(27)41)34-32-36-25-8-17-45-29(25)30(37-32)35-24-7-10-40-12-9-33-31(40)28(24)44(2,3)42/h4-5,7-10,12,17-18,22-23H,6,11,13-16,19-20H2,1-3H3,(H2,34,35,36,37)/t22-,23+/m0/s1. The predicted octanol–water partition coefficient (Wildman–Crippen LogP) is 5.05. The van der Waals surface area contributed by atoms with E-state index in [0.29, 0.717) is 41.4 Å². The number of hydrogen-bond acceptors (Lipinski definition) is 11. The molecule has 4 aromatic heterocycles. The second-order valence-electron chi connectivity index (χ2n) is 12.7. The molecule has 2 atom stereocenters. The summed E-state index contributed by atoms with van der Waals surface area (Å²) in [6, 6.07) is 11.3. The Balaban J connectivity index is 1.03. The van der Waals surface area contributed by atoms with Crippen LogP contribution < -0.4 is 25.6 Å². The number of nitrogens with zero attached hydrogens (tertiary/aromatic N) is 7. The average Bonchev–Trinajstić information content (AvgIpc) is 3.70. The van der Waals surface area contributed by atoms with E-state index < -0.39 is 7.14 Å². The summed E-state index contributed by atoms with van der Waals surface area (Å²) >= 11 is 1.57. The summed E-state index contributed by atoms with van der Waals surface area (Å²) in [4.78, 5) is 21.8. The Morgan fingerprint density at radius 3 is 2.71 bits per heavy atom. The average molecular weight is 644 g/mol. The second kappa shape index (κ2) is 11.3. The molecule has 2 saturated heterocycles. The van der Waals surface area contributed by atoms with Crippen molar-refractivity contribution in [1.29, 1.82) is 0 Å². The summed E-state index contributed by atoms with van der Waals surface area (Å²) in [6.45, 7) is 9.93. The molecular formula is C32H38N9O2PS. The zero-order valence-electron chi connectivity index (χ0n) is 25.8. The van der Waals surface area contributed by atoms with Gasteiger partial charge in [0, 0.05) is 69.1 Å². The van der Waals surface area contributed by atoms with Crippen molar-refractivity contribution in [3.8, 4) is 5.75 Å². The van der Waals surface area contributed by atoms with Crippen LogP contribution in [0.4, 0.5) is 28.8 Å². The molecule has 0 spiro atoms.